The largest absolute Gasteiger partial charge is 0.385 e. The van der Waals surface area contributed by atoms with E-state index in [0.717, 1.165) is 17.0 Å². The molecule has 3 heterocycles. The number of hydrogen-bond acceptors (Lipinski definition) is 5. The number of rotatable bonds is 6. The molecule has 1 aliphatic heterocycles. The van der Waals surface area contributed by atoms with E-state index in [1.54, 1.807) is 30.6 Å². The lowest BCUT2D eigenvalue weighted by Crippen LogP contribution is -2.27. The highest BCUT2D eigenvalue weighted by atomic mass is 19.1. The average Bonchev–Trinajstić information content (AvgIpc) is 3.40. The summed E-state index contributed by atoms with van der Waals surface area (Å²) in [4.78, 5) is 27.6. The second-order valence-electron chi connectivity index (χ2n) is 8.82. The van der Waals surface area contributed by atoms with Gasteiger partial charge in [-0.15, -0.1) is 0 Å². The van der Waals surface area contributed by atoms with Gasteiger partial charge in [0.2, 0.25) is 0 Å². The zero-order chi connectivity index (χ0) is 25.1. The molecule has 6 nitrogen and oxygen atoms in total. The van der Waals surface area contributed by atoms with Crippen molar-refractivity contribution in [2.75, 3.05) is 0 Å². The Morgan fingerprint density at radius 1 is 1.00 bits per heavy atom. The van der Waals surface area contributed by atoms with Gasteiger partial charge < -0.3 is 10.2 Å². The SMILES string of the molecule is Cc1ccc(-c2cc(C(=O)NC(C)c3ccccn3)cc(C3=NOC(c4ccccn4)C3)c2)c(F)c1. The van der Waals surface area contributed by atoms with Gasteiger partial charge in [-0.05, 0) is 73.5 Å². The molecule has 0 fully saturated rings. The minimum absolute atomic E-state index is 0.287. The van der Waals surface area contributed by atoms with Gasteiger partial charge in [0.25, 0.3) is 5.91 Å². The molecule has 36 heavy (non-hydrogen) atoms. The Balaban J connectivity index is 1.49. The third-order valence-electron chi connectivity index (χ3n) is 6.13. The molecule has 0 spiro atoms. The molecule has 1 aliphatic rings. The fraction of sp³-hybridized carbons (Fsp3) is 0.172. The number of aromatic nitrogens is 2. The van der Waals surface area contributed by atoms with E-state index in [1.165, 1.54) is 6.07 Å². The maximum absolute atomic E-state index is 14.9. The summed E-state index contributed by atoms with van der Waals surface area (Å²) in [6, 6.07) is 21.3. The summed E-state index contributed by atoms with van der Waals surface area (Å²) >= 11 is 0. The normalized spacial score (nSPS) is 15.6. The quantitative estimate of drug-likeness (QED) is 0.370. The molecule has 7 heteroatoms. The molecule has 1 amide bonds. The molecule has 2 atom stereocenters. The molecule has 2 unspecified atom stereocenters. The van der Waals surface area contributed by atoms with Crippen molar-refractivity contribution in [3.8, 4) is 11.1 Å². The second-order valence-corrected chi connectivity index (χ2v) is 8.82. The number of halogens is 1. The maximum atomic E-state index is 14.9. The van der Waals surface area contributed by atoms with Gasteiger partial charge in [-0.25, -0.2) is 4.39 Å². The van der Waals surface area contributed by atoms with Crippen LogP contribution in [0, 0.1) is 12.7 Å². The lowest BCUT2D eigenvalue weighted by atomic mass is 9.94. The number of pyridine rings is 2. The number of carbonyl (C=O) groups is 1. The van der Waals surface area contributed by atoms with Crippen molar-refractivity contribution >= 4 is 11.6 Å². The third-order valence-corrected chi connectivity index (χ3v) is 6.13. The molecule has 0 aliphatic carbocycles. The molecule has 4 aromatic rings. The van der Waals surface area contributed by atoms with E-state index in [9.17, 15) is 9.18 Å². The molecule has 0 saturated heterocycles. The lowest BCUT2D eigenvalue weighted by molar-refractivity contribution is 0.0826. The summed E-state index contributed by atoms with van der Waals surface area (Å²) in [6.07, 6.45) is 3.57. The van der Waals surface area contributed by atoms with Crippen molar-refractivity contribution in [3.05, 3.63) is 119 Å². The predicted octanol–water partition coefficient (Wildman–Crippen LogP) is 5.95. The summed E-state index contributed by atoms with van der Waals surface area (Å²) in [6.45, 7) is 3.71. The van der Waals surface area contributed by atoms with Crippen LogP contribution in [0.25, 0.3) is 11.1 Å². The molecule has 1 N–H and O–H groups in total. The zero-order valence-electron chi connectivity index (χ0n) is 20.0. The minimum Gasteiger partial charge on any atom is -0.385 e. The highest BCUT2D eigenvalue weighted by Crippen LogP contribution is 2.32. The number of nitrogens with zero attached hydrogens (tertiary/aromatic N) is 3. The van der Waals surface area contributed by atoms with E-state index in [4.69, 9.17) is 4.84 Å². The van der Waals surface area contributed by atoms with Gasteiger partial charge in [-0.1, -0.05) is 29.4 Å². The van der Waals surface area contributed by atoms with E-state index in [2.05, 4.69) is 20.4 Å². The molecular weight excluding hydrogens is 455 g/mol. The number of amides is 1. The van der Waals surface area contributed by atoms with E-state index < -0.39 is 0 Å². The van der Waals surface area contributed by atoms with Crippen molar-refractivity contribution in [3.63, 3.8) is 0 Å². The number of hydrogen-bond donors (Lipinski definition) is 1. The van der Waals surface area contributed by atoms with E-state index >= 15 is 0 Å². The van der Waals surface area contributed by atoms with E-state index in [1.807, 2.05) is 62.4 Å². The predicted molar refractivity (Wildman–Crippen MR) is 136 cm³/mol. The number of nitrogens with one attached hydrogen (secondary N) is 1. The monoisotopic (exact) mass is 480 g/mol. The lowest BCUT2D eigenvalue weighted by Gasteiger charge is -2.15. The topological polar surface area (TPSA) is 76.5 Å². The Bertz CT molecular complexity index is 1420. The van der Waals surface area contributed by atoms with Gasteiger partial charge >= 0.3 is 0 Å². The van der Waals surface area contributed by atoms with Crippen LogP contribution in [-0.2, 0) is 4.84 Å². The van der Waals surface area contributed by atoms with Gasteiger partial charge in [0.15, 0.2) is 6.10 Å². The summed E-state index contributed by atoms with van der Waals surface area (Å²) < 4.78 is 14.9. The van der Waals surface area contributed by atoms with Crippen molar-refractivity contribution in [2.24, 2.45) is 5.16 Å². The average molecular weight is 481 g/mol. The van der Waals surface area contributed by atoms with Crippen LogP contribution >= 0.6 is 0 Å². The fourth-order valence-electron chi connectivity index (χ4n) is 4.19. The minimum atomic E-state index is -0.351. The summed E-state index contributed by atoms with van der Waals surface area (Å²) in [5.74, 6) is -0.638. The summed E-state index contributed by atoms with van der Waals surface area (Å²) in [5, 5.41) is 7.28. The molecule has 0 saturated carbocycles. The molecule has 0 radical (unpaired) electrons. The van der Waals surface area contributed by atoms with Crippen molar-refractivity contribution < 1.29 is 14.0 Å². The Kier molecular flexibility index (Phi) is 6.54. The van der Waals surface area contributed by atoms with Crippen LogP contribution in [0.5, 0.6) is 0 Å². The zero-order valence-corrected chi connectivity index (χ0v) is 20.0. The fourth-order valence-corrected chi connectivity index (χ4v) is 4.19. The van der Waals surface area contributed by atoms with Crippen molar-refractivity contribution in [1.29, 1.82) is 0 Å². The Hall–Kier alpha value is -4.39. The van der Waals surface area contributed by atoms with Crippen LogP contribution in [0.15, 0.2) is 90.3 Å². The van der Waals surface area contributed by atoms with Crippen LogP contribution < -0.4 is 5.32 Å². The second kappa shape index (κ2) is 10.1. The standard InChI is InChI=1S/C29H25FN4O2/c1-18-9-10-23(24(30)13-18)20-14-21(27-17-28(36-34-27)26-8-4-6-12-32-26)16-22(15-20)29(35)33-19(2)25-7-3-5-11-31-25/h3-16,19,28H,17H2,1-2H3,(H,33,35). The third kappa shape index (κ3) is 5.00. The van der Waals surface area contributed by atoms with Crippen LogP contribution in [0.1, 0.15) is 58.4 Å². The van der Waals surface area contributed by atoms with E-state index in [0.29, 0.717) is 34.4 Å². The van der Waals surface area contributed by atoms with Crippen molar-refractivity contribution in [2.45, 2.75) is 32.4 Å². The number of aryl methyl sites for hydroxylation is 1. The summed E-state index contributed by atoms with van der Waals surface area (Å²) in [5.41, 5.74) is 5.11. The number of benzene rings is 2. The smallest absolute Gasteiger partial charge is 0.251 e. The molecule has 2 aromatic heterocycles. The summed E-state index contributed by atoms with van der Waals surface area (Å²) in [7, 11) is 0. The molecule has 0 bridgehead atoms. The van der Waals surface area contributed by atoms with Gasteiger partial charge in [-0.2, -0.15) is 0 Å². The first kappa shape index (κ1) is 23.4. The van der Waals surface area contributed by atoms with Gasteiger partial charge in [-0.3, -0.25) is 14.8 Å². The Labute approximate surface area is 208 Å². The molecule has 5 rings (SSSR count). The van der Waals surface area contributed by atoms with Crippen molar-refractivity contribution in [1.82, 2.24) is 15.3 Å². The maximum Gasteiger partial charge on any atom is 0.251 e. The first-order valence-corrected chi connectivity index (χ1v) is 11.8. The highest BCUT2D eigenvalue weighted by molar-refractivity contribution is 6.05. The van der Waals surface area contributed by atoms with Gasteiger partial charge in [0, 0.05) is 35.5 Å². The molecular formula is C29H25FN4O2. The van der Waals surface area contributed by atoms with Gasteiger partial charge in [0.1, 0.15) is 5.82 Å². The van der Waals surface area contributed by atoms with Crippen LogP contribution in [0.2, 0.25) is 0 Å². The van der Waals surface area contributed by atoms with E-state index in [-0.39, 0.29) is 23.9 Å². The van der Waals surface area contributed by atoms with Gasteiger partial charge in [0.05, 0.1) is 23.1 Å². The Morgan fingerprint density at radius 3 is 2.50 bits per heavy atom. The van der Waals surface area contributed by atoms with Crippen LogP contribution in [0.4, 0.5) is 4.39 Å². The van der Waals surface area contributed by atoms with Crippen LogP contribution in [0.3, 0.4) is 0 Å². The first-order valence-electron chi connectivity index (χ1n) is 11.8. The van der Waals surface area contributed by atoms with Crippen LogP contribution in [-0.4, -0.2) is 21.6 Å². The number of oxime groups is 1. The number of carbonyl (C=O) groups excluding carboxylic acids is 1. The Morgan fingerprint density at radius 2 is 1.78 bits per heavy atom. The first-order chi connectivity index (χ1) is 17.5. The highest BCUT2D eigenvalue weighted by Gasteiger charge is 2.26. The molecule has 180 valence electrons. The molecule has 2 aromatic carbocycles.